The van der Waals surface area contributed by atoms with Crippen LogP contribution in [0.4, 0.5) is 0 Å². The van der Waals surface area contributed by atoms with Crippen LogP contribution in [-0.2, 0) is 14.8 Å². The third-order valence-electron chi connectivity index (χ3n) is 2.64. The van der Waals surface area contributed by atoms with Crippen molar-refractivity contribution in [3.63, 3.8) is 0 Å². The third kappa shape index (κ3) is 5.12. The zero-order valence-corrected chi connectivity index (χ0v) is 13.9. The normalized spacial score (nSPS) is 12.1. The highest BCUT2D eigenvalue weighted by atomic mass is 35.5. The quantitative estimate of drug-likeness (QED) is 0.804. The highest BCUT2D eigenvalue weighted by Gasteiger charge is 2.27. The largest absolute Gasteiger partial charge is 0.480 e. The van der Waals surface area contributed by atoms with Crippen molar-refractivity contribution in [1.82, 2.24) is 9.21 Å². The number of sulfonamides is 1. The van der Waals surface area contributed by atoms with Crippen molar-refractivity contribution in [2.75, 3.05) is 33.7 Å². The van der Waals surface area contributed by atoms with Gasteiger partial charge in [-0.15, -0.1) is 0 Å². The monoisotopic (exact) mass is 354 g/mol. The Bertz CT molecular complexity index is 620. The van der Waals surface area contributed by atoms with E-state index in [1.165, 1.54) is 18.2 Å². The van der Waals surface area contributed by atoms with E-state index in [1.54, 1.807) is 19.0 Å². The minimum Gasteiger partial charge on any atom is -0.480 e. The van der Waals surface area contributed by atoms with E-state index >= 15 is 0 Å². The van der Waals surface area contributed by atoms with Crippen LogP contribution in [0.15, 0.2) is 23.1 Å². The lowest BCUT2D eigenvalue weighted by molar-refractivity contribution is -0.137. The first-order valence-electron chi connectivity index (χ1n) is 5.96. The summed E-state index contributed by atoms with van der Waals surface area (Å²) in [4.78, 5) is 12.6. The number of halogens is 2. The second-order valence-electron chi connectivity index (χ2n) is 4.61. The maximum absolute atomic E-state index is 12.5. The van der Waals surface area contributed by atoms with E-state index in [-0.39, 0.29) is 21.5 Å². The number of aliphatic carboxylic acids is 1. The summed E-state index contributed by atoms with van der Waals surface area (Å²) in [6, 6.07) is 3.87. The number of hydrogen-bond acceptors (Lipinski definition) is 4. The summed E-state index contributed by atoms with van der Waals surface area (Å²) in [7, 11) is -0.411. The van der Waals surface area contributed by atoms with E-state index in [1.807, 2.05) is 0 Å². The van der Waals surface area contributed by atoms with Crippen LogP contribution in [0.3, 0.4) is 0 Å². The molecule has 6 nitrogen and oxygen atoms in total. The number of hydrogen-bond donors (Lipinski definition) is 1. The Labute approximate surface area is 133 Å². The lowest BCUT2D eigenvalue weighted by atomic mass is 10.4. The second-order valence-corrected chi connectivity index (χ2v) is 7.36. The summed E-state index contributed by atoms with van der Waals surface area (Å²) < 4.78 is 25.9. The molecule has 0 aliphatic heterocycles. The number of carboxylic acid groups (broad SMARTS) is 1. The minimum absolute atomic E-state index is 0.0574. The fourth-order valence-electron chi connectivity index (χ4n) is 1.53. The fourth-order valence-corrected chi connectivity index (χ4v) is 3.30. The van der Waals surface area contributed by atoms with Crippen LogP contribution in [0.5, 0.6) is 0 Å². The molecule has 0 heterocycles. The summed E-state index contributed by atoms with van der Waals surface area (Å²) in [6.07, 6.45) is 0. The molecule has 0 aliphatic carbocycles. The van der Waals surface area contributed by atoms with Crippen molar-refractivity contribution in [2.45, 2.75) is 4.90 Å². The Morgan fingerprint density at radius 1 is 1.19 bits per heavy atom. The topological polar surface area (TPSA) is 77.9 Å². The molecule has 118 valence electrons. The standard InChI is InChI=1S/C12H16Cl2N2O4S/c1-15(2)5-6-16(8-12(17)18)21(19,20)9-3-4-10(13)11(14)7-9/h3-4,7H,5-6,8H2,1-2H3,(H,17,18). The highest BCUT2D eigenvalue weighted by Crippen LogP contribution is 2.26. The van der Waals surface area contributed by atoms with Gasteiger partial charge < -0.3 is 10.0 Å². The van der Waals surface area contributed by atoms with Gasteiger partial charge in [0.15, 0.2) is 0 Å². The maximum atomic E-state index is 12.5. The average molecular weight is 355 g/mol. The van der Waals surface area contributed by atoms with Gasteiger partial charge in [-0.25, -0.2) is 8.42 Å². The van der Waals surface area contributed by atoms with Crippen molar-refractivity contribution in [1.29, 1.82) is 0 Å². The molecule has 1 rings (SSSR count). The van der Waals surface area contributed by atoms with Crippen LogP contribution in [0.1, 0.15) is 0 Å². The fraction of sp³-hybridized carbons (Fsp3) is 0.417. The van der Waals surface area contributed by atoms with Crippen LogP contribution in [0, 0.1) is 0 Å². The molecule has 1 N–H and O–H groups in total. The van der Waals surface area contributed by atoms with Crippen molar-refractivity contribution in [2.24, 2.45) is 0 Å². The molecule has 0 aliphatic rings. The van der Waals surface area contributed by atoms with Gasteiger partial charge in [-0.3, -0.25) is 4.79 Å². The predicted octanol–water partition coefficient (Wildman–Crippen LogP) is 1.63. The van der Waals surface area contributed by atoms with Crippen molar-refractivity contribution < 1.29 is 18.3 Å². The summed E-state index contributed by atoms with van der Waals surface area (Å²) in [6.45, 7) is -0.161. The summed E-state index contributed by atoms with van der Waals surface area (Å²) in [5.41, 5.74) is 0. The molecule has 0 atom stereocenters. The van der Waals surface area contributed by atoms with Gasteiger partial charge in [-0.2, -0.15) is 4.31 Å². The van der Waals surface area contributed by atoms with Gasteiger partial charge >= 0.3 is 5.97 Å². The van der Waals surface area contributed by atoms with Gasteiger partial charge in [-0.1, -0.05) is 23.2 Å². The summed E-state index contributed by atoms with van der Waals surface area (Å²) in [5.74, 6) is -1.22. The molecule has 0 amide bonds. The van der Waals surface area contributed by atoms with E-state index in [4.69, 9.17) is 28.3 Å². The molecule has 21 heavy (non-hydrogen) atoms. The average Bonchev–Trinajstić information content (AvgIpc) is 2.36. The molecule has 1 aromatic carbocycles. The van der Waals surface area contributed by atoms with Crippen molar-refractivity contribution >= 4 is 39.2 Å². The Kier molecular flexibility index (Phi) is 6.42. The molecule has 1 aromatic rings. The van der Waals surface area contributed by atoms with Gasteiger partial charge in [0.05, 0.1) is 14.9 Å². The van der Waals surface area contributed by atoms with Crippen molar-refractivity contribution in [3.8, 4) is 0 Å². The Morgan fingerprint density at radius 2 is 1.81 bits per heavy atom. The number of likely N-dealkylation sites (N-methyl/N-ethyl adjacent to an activating group) is 1. The van der Waals surface area contributed by atoms with Gasteiger partial charge in [0.1, 0.15) is 6.54 Å². The third-order valence-corrected chi connectivity index (χ3v) is 5.22. The Balaban J connectivity index is 3.12. The van der Waals surface area contributed by atoms with E-state index in [0.717, 1.165) is 4.31 Å². The summed E-state index contributed by atoms with van der Waals surface area (Å²) in [5, 5.41) is 9.22. The number of carbonyl (C=O) groups is 1. The smallest absolute Gasteiger partial charge is 0.318 e. The van der Waals surface area contributed by atoms with Crippen LogP contribution >= 0.6 is 23.2 Å². The maximum Gasteiger partial charge on any atom is 0.318 e. The lowest BCUT2D eigenvalue weighted by Crippen LogP contribution is -2.39. The molecule has 0 spiro atoms. The number of benzene rings is 1. The number of carboxylic acids is 1. The van der Waals surface area contributed by atoms with Gasteiger partial charge in [-0.05, 0) is 32.3 Å². The molecular formula is C12H16Cl2N2O4S. The first kappa shape index (κ1) is 18.2. The SMILES string of the molecule is CN(C)CCN(CC(=O)O)S(=O)(=O)c1ccc(Cl)c(Cl)c1. The van der Waals surface area contributed by atoms with Gasteiger partial charge in [0.25, 0.3) is 0 Å². The van der Waals surface area contributed by atoms with Crippen LogP contribution in [-0.4, -0.2) is 62.4 Å². The first-order valence-corrected chi connectivity index (χ1v) is 8.16. The molecule has 0 fully saturated rings. The first-order chi connectivity index (χ1) is 9.64. The van der Waals surface area contributed by atoms with Crippen molar-refractivity contribution in [3.05, 3.63) is 28.2 Å². The molecular weight excluding hydrogens is 339 g/mol. The summed E-state index contributed by atoms with van der Waals surface area (Å²) >= 11 is 11.6. The number of nitrogens with zero attached hydrogens (tertiary/aromatic N) is 2. The molecule has 0 bridgehead atoms. The molecule has 0 aromatic heterocycles. The van der Waals surface area contributed by atoms with E-state index < -0.39 is 22.5 Å². The molecule has 0 unspecified atom stereocenters. The molecule has 0 saturated heterocycles. The molecule has 0 radical (unpaired) electrons. The second kappa shape index (κ2) is 7.42. The van der Waals surface area contributed by atoms with E-state index in [2.05, 4.69) is 0 Å². The zero-order valence-electron chi connectivity index (χ0n) is 11.6. The van der Waals surface area contributed by atoms with Gasteiger partial charge in [0, 0.05) is 13.1 Å². The van der Waals surface area contributed by atoms with Crippen LogP contribution in [0.25, 0.3) is 0 Å². The molecule has 0 saturated carbocycles. The van der Waals surface area contributed by atoms with Crippen LogP contribution < -0.4 is 0 Å². The van der Waals surface area contributed by atoms with E-state index in [0.29, 0.717) is 6.54 Å². The zero-order chi connectivity index (χ0) is 16.2. The Morgan fingerprint density at radius 3 is 2.29 bits per heavy atom. The highest BCUT2D eigenvalue weighted by molar-refractivity contribution is 7.89. The van der Waals surface area contributed by atoms with E-state index in [9.17, 15) is 13.2 Å². The minimum atomic E-state index is -3.95. The molecule has 9 heteroatoms. The van der Waals surface area contributed by atoms with Crippen LogP contribution in [0.2, 0.25) is 10.0 Å². The lowest BCUT2D eigenvalue weighted by Gasteiger charge is -2.22. The Hall–Kier alpha value is -0.860. The number of rotatable bonds is 7. The predicted molar refractivity (Wildman–Crippen MR) is 81.4 cm³/mol. The van der Waals surface area contributed by atoms with Gasteiger partial charge in [0.2, 0.25) is 10.0 Å².